The molecule has 0 aliphatic carbocycles. The fourth-order valence-electron chi connectivity index (χ4n) is 3.92. The van der Waals surface area contributed by atoms with Crippen LogP contribution in [0.5, 0.6) is 0 Å². The van der Waals surface area contributed by atoms with Crippen LogP contribution in [0.1, 0.15) is 31.0 Å². The molecule has 4 rings (SSSR count). The summed E-state index contributed by atoms with van der Waals surface area (Å²) >= 11 is 0. The molecule has 1 saturated heterocycles. The molecular weight excluding hydrogens is 354 g/mol. The van der Waals surface area contributed by atoms with E-state index in [1.54, 1.807) is 4.90 Å². The van der Waals surface area contributed by atoms with Crippen LogP contribution in [-0.4, -0.2) is 53.2 Å². The van der Waals surface area contributed by atoms with E-state index in [1.807, 2.05) is 19.9 Å². The van der Waals surface area contributed by atoms with Crippen molar-refractivity contribution >= 4 is 23.5 Å². The molecule has 1 amide bonds. The second kappa shape index (κ2) is 8.04. The first-order chi connectivity index (χ1) is 13.6. The number of benzene rings is 1. The van der Waals surface area contributed by atoms with Crippen LogP contribution >= 0.6 is 0 Å². The minimum atomic E-state index is -0.214. The Balaban J connectivity index is 1.44. The quantitative estimate of drug-likeness (QED) is 0.874. The number of rotatable bonds is 4. The van der Waals surface area contributed by atoms with E-state index in [-0.39, 0.29) is 6.09 Å². The molecule has 1 aromatic heterocycles. The summed E-state index contributed by atoms with van der Waals surface area (Å²) in [5.74, 6) is 1.60. The van der Waals surface area contributed by atoms with Gasteiger partial charge in [0.05, 0.1) is 6.61 Å². The molecule has 0 spiro atoms. The van der Waals surface area contributed by atoms with Gasteiger partial charge in [-0.25, -0.2) is 9.78 Å². The SMILES string of the molecule is CCOC(=O)N1CCC(Nc2cc(C)nc(N3CCc4ccccc43)n2)CC1. The average Bonchev–Trinajstić information content (AvgIpc) is 3.12. The molecule has 0 saturated carbocycles. The lowest BCUT2D eigenvalue weighted by molar-refractivity contribution is 0.0983. The lowest BCUT2D eigenvalue weighted by Crippen LogP contribution is -2.42. The maximum atomic E-state index is 11.9. The highest BCUT2D eigenvalue weighted by molar-refractivity contribution is 5.68. The van der Waals surface area contributed by atoms with Crippen molar-refractivity contribution in [2.45, 2.75) is 39.2 Å². The van der Waals surface area contributed by atoms with E-state index in [0.29, 0.717) is 25.7 Å². The summed E-state index contributed by atoms with van der Waals surface area (Å²) in [6, 6.07) is 10.7. The normalized spacial score (nSPS) is 16.8. The number of aryl methyl sites for hydroxylation is 1. The van der Waals surface area contributed by atoms with Gasteiger partial charge in [0.2, 0.25) is 5.95 Å². The van der Waals surface area contributed by atoms with Crippen molar-refractivity contribution in [3.8, 4) is 0 Å². The van der Waals surface area contributed by atoms with Crippen LogP contribution in [0.3, 0.4) is 0 Å². The highest BCUT2D eigenvalue weighted by atomic mass is 16.6. The number of hydrogen-bond acceptors (Lipinski definition) is 6. The zero-order valence-electron chi connectivity index (χ0n) is 16.5. The van der Waals surface area contributed by atoms with E-state index in [4.69, 9.17) is 9.72 Å². The van der Waals surface area contributed by atoms with Crippen molar-refractivity contribution in [2.75, 3.05) is 36.5 Å². The molecule has 2 aromatic rings. The summed E-state index contributed by atoms with van der Waals surface area (Å²) in [5.41, 5.74) is 3.48. The summed E-state index contributed by atoms with van der Waals surface area (Å²) in [7, 11) is 0. The number of likely N-dealkylation sites (tertiary alicyclic amines) is 1. The van der Waals surface area contributed by atoms with E-state index < -0.39 is 0 Å². The van der Waals surface area contributed by atoms with Gasteiger partial charge in [-0.3, -0.25) is 0 Å². The molecule has 7 nitrogen and oxygen atoms in total. The van der Waals surface area contributed by atoms with Crippen molar-refractivity contribution in [1.82, 2.24) is 14.9 Å². The van der Waals surface area contributed by atoms with Gasteiger partial charge in [0.1, 0.15) is 5.82 Å². The molecule has 0 atom stereocenters. The average molecular weight is 381 g/mol. The van der Waals surface area contributed by atoms with Crippen LogP contribution in [-0.2, 0) is 11.2 Å². The first-order valence-electron chi connectivity index (χ1n) is 10.0. The van der Waals surface area contributed by atoms with Gasteiger partial charge >= 0.3 is 6.09 Å². The summed E-state index contributed by atoms with van der Waals surface area (Å²) in [4.78, 5) is 25.3. The largest absolute Gasteiger partial charge is 0.450 e. The van der Waals surface area contributed by atoms with Crippen LogP contribution in [0.2, 0.25) is 0 Å². The number of piperidine rings is 1. The third-order valence-electron chi connectivity index (χ3n) is 5.34. The van der Waals surface area contributed by atoms with Crippen molar-refractivity contribution in [1.29, 1.82) is 0 Å². The maximum absolute atomic E-state index is 11.9. The fraction of sp³-hybridized carbons (Fsp3) is 0.476. The first-order valence-corrected chi connectivity index (χ1v) is 10.0. The second-order valence-electron chi connectivity index (χ2n) is 7.33. The number of carbonyl (C=O) groups excluding carboxylic acids is 1. The molecule has 2 aliphatic rings. The molecule has 0 unspecified atom stereocenters. The van der Waals surface area contributed by atoms with E-state index in [9.17, 15) is 4.79 Å². The molecular formula is C21H27N5O2. The van der Waals surface area contributed by atoms with E-state index in [1.165, 1.54) is 11.3 Å². The van der Waals surface area contributed by atoms with Crippen LogP contribution in [0.15, 0.2) is 30.3 Å². The number of carbonyl (C=O) groups is 1. The molecule has 0 radical (unpaired) electrons. The number of para-hydroxylation sites is 1. The molecule has 2 aliphatic heterocycles. The van der Waals surface area contributed by atoms with Gasteiger partial charge in [-0.15, -0.1) is 0 Å². The smallest absolute Gasteiger partial charge is 0.409 e. The lowest BCUT2D eigenvalue weighted by atomic mass is 10.1. The van der Waals surface area contributed by atoms with Crippen LogP contribution in [0.4, 0.5) is 22.2 Å². The summed E-state index contributed by atoms with van der Waals surface area (Å²) in [6.07, 6.45) is 2.56. The number of aromatic nitrogens is 2. The van der Waals surface area contributed by atoms with Crippen LogP contribution in [0.25, 0.3) is 0 Å². The Kier molecular flexibility index (Phi) is 5.32. The Morgan fingerprint density at radius 1 is 1.21 bits per heavy atom. The molecule has 28 heavy (non-hydrogen) atoms. The predicted octanol–water partition coefficient (Wildman–Crippen LogP) is 3.51. The molecule has 1 N–H and O–H groups in total. The summed E-state index contributed by atoms with van der Waals surface area (Å²) < 4.78 is 5.09. The number of nitrogens with one attached hydrogen (secondary N) is 1. The Hall–Kier alpha value is -2.83. The zero-order valence-corrected chi connectivity index (χ0v) is 16.5. The Morgan fingerprint density at radius 3 is 2.79 bits per heavy atom. The summed E-state index contributed by atoms with van der Waals surface area (Å²) in [6.45, 7) is 6.56. The van der Waals surface area contributed by atoms with Gasteiger partial charge in [0, 0.05) is 43.1 Å². The number of hydrogen-bond donors (Lipinski definition) is 1. The van der Waals surface area contributed by atoms with Crippen molar-refractivity contribution in [3.05, 3.63) is 41.6 Å². The van der Waals surface area contributed by atoms with Crippen LogP contribution in [0, 0.1) is 6.92 Å². The van der Waals surface area contributed by atoms with E-state index in [0.717, 1.165) is 43.3 Å². The van der Waals surface area contributed by atoms with E-state index >= 15 is 0 Å². The fourth-order valence-corrected chi connectivity index (χ4v) is 3.92. The maximum Gasteiger partial charge on any atom is 0.409 e. The molecule has 1 aromatic carbocycles. The number of ether oxygens (including phenoxy) is 1. The molecule has 3 heterocycles. The molecule has 0 bridgehead atoms. The number of amides is 1. The third kappa shape index (κ3) is 3.88. The minimum absolute atomic E-state index is 0.214. The third-order valence-corrected chi connectivity index (χ3v) is 5.34. The Morgan fingerprint density at radius 2 is 2.00 bits per heavy atom. The predicted molar refractivity (Wildman–Crippen MR) is 109 cm³/mol. The number of anilines is 3. The molecule has 7 heteroatoms. The van der Waals surface area contributed by atoms with E-state index in [2.05, 4.69) is 39.5 Å². The van der Waals surface area contributed by atoms with Gasteiger partial charge in [-0.1, -0.05) is 18.2 Å². The summed E-state index contributed by atoms with van der Waals surface area (Å²) in [5, 5.41) is 3.54. The van der Waals surface area contributed by atoms with Gasteiger partial charge in [0.25, 0.3) is 0 Å². The molecule has 148 valence electrons. The first kappa shape index (κ1) is 18.5. The number of fused-ring (bicyclic) bond motifs is 1. The van der Waals surface area contributed by atoms with Gasteiger partial charge < -0.3 is 19.9 Å². The van der Waals surface area contributed by atoms with Gasteiger partial charge in [-0.2, -0.15) is 4.98 Å². The van der Waals surface area contributed by atoms with Crippen molar-refractivity contribution in [2.24, 2.45) is 0 Å². The Bertz CT molecular complexity index is 848. The standard InChI is InChI=1S/C21H27N5O2/c1-3-28-21(27)25-11-9-17(10-12-25)23-19-14-15(2)22-20(24-19)26-13-8-16-6-4-5-7-18(16)26/h4-7,14,17H,3,8-13H2,1-2H3,(H,22,23,24). The second-order valence-corrected chi connectivity index (χ2v) is 7.33. The monoisotopic (exact) mass is 381 g/mol. The highest BCUT2D eigenvalue weighted by Gasteiger charge is 2.25. The molecule has 1 fully saturated rings. The van der Waals surface area contributed by atoms with Crippen molar-refractivity contribution < 1.29 is 9.53 Å². The Labute approximate surface area is 165 Å². The zero-order chi connectivity index (χ0) is 19.5. The minimum Gasteiger partial charge on any atom is -0.450 e. The highest BCUT2D eigenvalue weighted by Crippen LogP contribution is 2.33. The van der Waals surface area contributed by atoms with Crippen molar-refractivity contribution in [3.63, 3.8) is 0 Å². The van der Waals surface area contributed by atoms with Crippen LogP contribution < -0.4 is 10.2 Å². The topological polar surface area (TPSA) is 70.6 Å². The lowest BCUT2D eigenvalue weighted by Gasteiger charge is -2.32. The van der Waals surface area contributed by atoms with Gasteiger partial charge in [-0.05, 0) is 44.7 Å². The number of nitrogens with zero attached hydrogens (tertiary/aromatic N) is 4. The van der Waals surface area contributed by atoms with Gasteiger partial charge in [0.15, 0.2) is 0 Å².